The highest BCUT2D eigenvalue weighted by Gasteiger charge is 2.32. The van der Waals surface area contributed by atoms with Gasteiger partial charge in [-0.15, -0.1) is 0 Å². The number of likely N-dealkylation sites (N-methyl/N-ethyl adjacent to an activating group) is 1. The predicted molar refractivity (Wildman–Crippen MR) is 84.2 cm³/mol. The third-order valence-corrected chi connectivity index (χ3v) is 4.38. The van der Waals surface area contributed by atoms with Crippen molar-refractivity contribution in [1.82, 2.24) is 4.90 Å². The largest absolute Gasteiger partial charge is 0.494 e. The molecule has 0 bridgehead atoms. The monoisotopic (exact) mass is 276 g/mol. The minimum absolute atomic E-state index is 0.566. The van der Waals surface area contributed by atoms with Crippen molar-refractivity contribution in [3.05, 3.63) is 29.3 Å². The Hall–Kier alpha value is -1.06. The fraction of sp³-hybridized carbons (Fsp3) is 0.647. The van der Waals surface area contributed by atoms with E-state index in [0.717, 1.165) is 37.8 Å². The summed E-state index contributed by atoms with van der Waals surface area (Å²) in [5, 5.41) is 0. The van der Waals surface area contributed by atoms with Crippen LogP contribution in [0.4, 0.5) is 0 Å². The lowest BCUT2D eigenvalue weighted by molar-refractivity contribution is 0.201. The number of hydrogen-bond donors (Lipinski definition) is 1. The van der Waals surface area contributed by atoms with Gasteiger partial charge >= 0.3 is 0 Å². The van der Waals surface area contributed by atoms with E-state index >= 15 is 0 Å². The summed E-state index contributed by atoms with van der Waals surface area (Å²) in [5.74, 6) is 1.82. The first-order valence-electron chi connectivity index (χ1n) is 7.72. The van der Waals surface area contributed by atoms with E-state index in [1.54, 1.807) is 0 Å². The van der Waals surface area contributed by atoms with Gasteiger partial charge in [-0.25, -0.2) is 0 Å². The summed E-state index contributed by atoms with van der Waals surface area (Å²) < 4.78 is 5.82. The lowest BCUT2D eigenvalue weighted by Gasteiger charge is -2.26. The number of aryl methyl sites for hydroxylation is 2. The smallest absolute Gasteiger partial charge is 0.119 e. The lowest BCUT2D eigenvalue weighted by atomic mass is 10.1. The van der Waals surface area contributed by atoms with Crippen molar-refractivity contribution in [3.8, 4) is 5.75 Å². The molecule has 3 nitrogen and oxygen atoms in total. The Morgan fingerprint density at radius 1 is 1.30 bits per heavy atom. The average molecular weight is 276 g/mol. The quantitative estimate of drug-likeness (QED) is 0.742. The van der Waals surface area contributed by atoms with E-state index in [9.17, 15) is 0 Å². The molecule has 0 aromatic heterocycles. The van der Waals surface area contributed by atoms with Crippen LogP contribution in [0.2, 0.25) is 0 Å². The second-order valence-electron chi connectivity index (χ2n) is 6.07. The van der Waals surface area contributed by atoms with Crippen molar-refractivity contribution in [1.29, 1.82) is 0 Å². The molecule has 1 atom stereocenters. The molecule has 0 heterocycles. The first kappa shape index (κ1) is 15.3. The molecule has 0 amide bonds. The van der Waals surface area contributed by atoms with Crippen LogP contribution in [0, 0.1) is 19.8 Å². The molecule has 1 aliphatic carbocycles. The molecule has 0 saturated heterocycles. The van der Waals surface area contributed by atoms with Crippen LogP contribution in [0.5, 0.6) is 5.75 Å². The van der Waals surface area contributed by atoms with Gasteiger partial charge < -0.3 is 15.4 Å². The Labute approximate surface area is 123 Å². The molecule has 0 spiro atoms. The molecule has 2 N–H and O–H groups in total. The van der Waals surface area contributed by atoms with E-state index in [0.29, 0.717) is 6.04 Å². The van der Waals surface area contributed by atoms with Crippen LogP contribution in [0.25, 0.3) is 0 Å². The van der Waals surface area contributed by atoms with Crippen molar-refractivity contribution in [2.45, 2.75) is 39.2 Å². The number of benzene rings is 1. The summed E-state index contributed by atoms with van der Waals surface area (Å²) in [6, 6.07) is 6.86. The molecule has 2 rings (SSSR count). The molecular formula is C17H28N2O. The first-order chi connectivity index (χ1) is 9.61. The van der Waals surface area contributed by atoms with Crippen LogP contribution >= 0.6 is 0 Å². The van der Waals surface area contributed by atoms with Crippen molar-refractivity contribution in [2.75, 3.05) is 26.7 Å². The Morgan fingerprint density at radius 2 is 2.05 bits per heavy atom. The van der Waals surface area contributed by atoms with Gasteiger partial charge in [-0.3, -0.25) is 0 Å². The van der Waals surface area contributed by atoms with Gasteiger partial charge in [0, 0.05) is 19.1 Å². The second-order valence-corrected chi connectivity index (χ2v) is 6.07. The Kier molecular flexibility index (Phi) is 5.44. The van der Waals surface area contributed by atoms with E-state index in [2.05, 4.69) is 44.0 Å². The Balaban J connectivity index is 1.69. The van der Waals surface area contributed by atoms with E-state index < -0.39 is 0 Å². The van der Waals surface area contributed by atoms with Gasteiger partial charge in [0.2, 0.25) is 0 Å². The van der Waals surface area contributed by atoms with Crippen LogP contribution in [0.3, 0.4) is 0 Å². The van der Waals surface area contributed by atoms with Gasteiger partial charge in [0.15, 0.2) is 0 Å². The minimum Gasteiger partial charge on any atom is -0.494 e. The van der Waals surface area contributed by atoms with Crippen LogP contribution in [0.1, 0.15) is 30.4 Å². The van der Waals surface area contributed by atoms with E-state index in [1.807, 2.05) is 0 Å². The molecule has 112 valence electrons. The van der Waals surface area contributed by atoms with Crippen LogP contribution < -0.4 is 10.5 Å². The highest BCUT2D eigenvalue weighted by Crippen LogP contribution is 2.34. The molecule has 1 aliphatic rings. The minimum atomic E-state index is 0.566. The molecule has 0 radical (unpaired) electrons. The number of hydrogen-bond acceptors (Lipinski definition) is 3. The Morgan fingerprint density at radius 3 is 2.65 bits per heavy atom. The van der Waals surface area contributed by atoms with Crippen LogP contribution in [-0.4, -0.2) is 37.7 Å². The Bertz CT molecular complexity index is 429. The van der Waals surface area contributed by atoms with Crippen molar-refractivity contribution >= 4 is 0 Å². The number of ether oxygens (including phenoxy) is 1. The third kappa shape index (κ3) is 4.22. The fourth-order valence-electron chi connectivity index (χ4n) is 2.69. The molecule has 1 saturated carbocycles. The van der Waals surface area contributed by atoms with E-state index in [4.69, 9.17) is 10.5 Å². The molecule has 20 heavy (non-hydrogen) atoms. The summed E-state index contributed by atoms with van der Waals surface area (Å²) in [6.45, 7) is 6.85. The topological polar surface area (TPSA) is 38.5 Å². The standard InChI is InChI=1S/C17H28N2O/c1-13-5-8-16(11-14(13)2)20-10-4-9-19(3)17(12-18)15-6-7-15/h5,8,11,15,17H,4,6-7,9-10,12,18H2,1-3H3. The molecule has 3 heteroatoms. The first-order valence-corrected chi connectivity index (χ1v) is 7.72. The van der Waals surface area contributed by atoms with Gasteiger partial charge in [-0.05, 0) is 69.3 Å². The maximum atomic E-state index is 5.87. The fourth-order valence-corrected chi connectivity index (χ4v) is 2.69. The van der Waals surface area contributed by atoms with E-state index in [1.165, 1.54) is 24.0 Å². The maximum Gasteiger partial charge on any atom is 0.119 e. The number of nitrogens with two attached hydrogens (primary N) is 1. The van der Waals surface area contributed by atoms with E-state index in [-0.39, 0.29) is 0 Å². The zero-order valence-electron chi connectivity index (χ0n) is 13.1. The predicted octanol–water partition coefficient (Wildman–Crippen LogP) is 2.74. The van der Waals surface area contributed by atoms with Crippen LogP contribution in [-0.2, 0) is 0 Å². The summed E-state index contributed by atoms with van der Waals surface area (Å²) in [6.07, 6.45) is 3.75. The van der Waals surface area contributed by atoms with Gasteiger partial charge in [0.25, 0.3) is 0 Å². The maximum absolute atomic E-state index is 5.87. The van der Waals surface area contributed by atoms with Crippen molar-refractivity contribution in [2.24, 2.45) is 11.7 Å². The molecule has 0 aliphatic heterocycles. The van der Waals surface area contributed by atoms with Crippen molar-refractivity contribution in [3.63, 3.8) is 0 Å². The molecule has 1 aromatic rings. The average Bonchev–Trinajstić information content (AvgIpc) is 3.24. The van der Waals surface area contributed by atoms with Crippen LogP contribution in [0.15, 0.2) is 18.2 Å². The number of rotatable bonds is 8. The zero-order valence-corrected chi connectivity index (χ0v) is 13.1. The third-order valence-electron chi connectivity index (χ3n) is 4.38. The zero-order chi connectivity index (χ0) is 14.5. The SMILES string of the molecule is Cc1ccc(OCCCN(C)C(CN)C2CC2)cc1C. The molecular weight excluding hydrogens is 248 g/mol. The molecule has 1 unspecified atom stereocenters. The summed E-state index contributed by atoms with van der Waals surface area (Å²) in [4.78, 5) is 2.40. The van der Waals surface area contributed by atoms with Gasteiger partial charge in [0.05, 0.1) is 6.61 Å². The van der Waals surface area contributed by atoms with Gasteiger partial charge in [-0.1, -0.05) is 6.07 Å². The molecule has 1 fully saturated rings. The second kappa shape index (κ2) is 7.09. The highest BCUT2D eigenvalue weighted by molar-refractivity contribution is 5.33. The van der Waals surface area contributed by atoms with Gasteiger partial charge in [0.1, 0.15) is 5.75 Å². The van der Waals surface area contributed by atoms with Crippen molar-refractivity contribution < 1.29 is 4.74 Å². The molecule has 1 aromatic carbocycles. The summed E-state index contributed by atoms with van der Waals surface area (Å²) in [7, 11) is 2.19. The van der Waals surface area contributed by atoms with Gasteiger partial charge in [-0.2, -0.15) is 0 Å². The lowest BCUT2D eigenvalue weighted by Crippen LogP contribution is -2.40. The highest BCUT2D eigenvalue weighted by atomic mass is 16.5. The summed E-state index contributed by atoms with van der Waals surface area (Å²) >= 11 is 0. The normalized spacial score (nSPS) is 16.4. The number of nitrogens with zero attached hydrogens (tertiary/aromatic N) is 1. The summed E-state index contributed by atoms with van der Waals surface area (Å²) in [5.41, 5.74) is 8.47.